The lowest BCUT2D eigenvalue weighted by molar-refractivity contribution is -0.137. The van der Waals surface area contributed by atoms with Gasteiger partial charge in [0.05, 0.1) is 11.3 Å². The number of nitrogens with one attached hydrogen (secondary N) is 1. The molecule has 0 spiro atoms. The van der Waals surface area contributed by atoms with Crippen LogP contribution in [-0.2, 0) is 15.8 Å². The summed E-state index contributed by atoms with van der Waals surface area (Å²) in [4.78, 5) is 28.3. The molecule has 0 atom stereocenters. The molecule has 1 heterocycles. The van der Waals surface area contributed by atoms with Crippen LogP contribution in [0.15, 0.2) is 94.4 Å². The number of halogens is 3. The Kier molecular flexibility index (Phi) is 6.52. The number of amides is 2. The van der Waals surface area contributed by atoms with E-state index in [4.69, 9.17) is 0 Å². The summed E-state index contributed by atoms with van der Waals surface area (Å²) in [6.45, 7) is 4.12. The fraction of sp³-hybridized carbons (Fsp3) is 0.154. The third-order valence-corrected chi connectivity index (χ3v) is 6.37. The molecule has 1 N–H and O–H groups in total. The molecule has 34 heavy (non-hydrogen) atoms. The molecule has 4 rings (SSSR count). The van der Waals surface area contributed by atoms with Crippen molar-refractivity contribution in [3.8, 4) is 0 Å². The van der Waals surface area contributed by atoms with Gasteiger partial charge < -0.3 is 5.32 Å². The molecule has 4 nitrogen and oxygen atoms in total. The highest BCUT2D eigenvalue weighted by Gasteiger charge is 2.41. The minimum absolute atomic E-state index is 0.0218. The average Bonchev–Trinajstić information content (AvgIpc) is 3.03. The predicted octanol–water partition coefficient (Wildman–Crippen LogP) is 6.82. The van der Waals surface area contributed by atoms with Gasteiger partial charge in [0.2, 0.25) is 0 Å². The molecule has 0 unspecified atom stereocenters. The van der Waals surface area contributed by atoms with Crippen LogP contribution < -0.4 is 10.2 Å². The molecule has 3 aromatic rings. The molecule has 0 aliphatic carbocycles. The number of benzene rings is 3. The second-order valence-corrected chi connectivity index (χ2v) is 9.10. The molecule has 1 aliphatic rings. The Labute approximate surface area is 199 Å². The van der Waals surface area contributed by atoms with Gasteiger partial charge in [0.15, 0.2) is 0 Å². The topological polar surface area (TPSA) is 49.4 Å². The minimum atomic E-state index is -4.60. The summed E-state index contributed by atoms with van der Waals surface area (Å²) in [6.07, 6.45) is -4.60. The number of thioether (sulfide) groups is 1. The second-order valence-electron chi connectivity index (χ2n) is 8.01. The van der Waals surface area contributed by atoms with Crippen molar-refractivity contribution in [1.29, 1.82) is 0 Å². The highest BCUT2D eigenvalue weighted by Crippen LogP contribution is 2.39. The van der Waals surface area contributed by atoms with Crippen LogP contribution in [0.5, 0.6) is 0 Å². The van der Waals surface area contributed by atoms with Crippen LogP contribution in [0.2, 0.25) is 0 Å². The fourth-order valence-corrected chi connectivity index (χ4v) is 4.42. The molecular formula is C26H21F3N2O2S. The van der Waals surface area contributed by atoms with Crippen molar-refractivity contribution in [3.05, 3.63) is 101 Å². The quantitative estimate of drug-likeness (QED) is 0.392. The van der Waals surface area contributed by atoms with Gasteiger partial charge in [0.25, 0.3) is 11.8 Å². The third kappa shape index (κ3) is 4.87. The normalized spacial score (nSPS) is 14.4. The summed E-state index contributed by atoms with van der Waals surface area (Å²) >= 11 is 1.09. The number of hydrogen-bond acceptors (Lipinski definition) is 4. The minimum Gasteiger partial charge on any atom is -0.350 e. The van der Waals surface area contributed by atoms with Gasteiger partial charge in [0, 0.05) is 10.6 Å². The molecule has 0 bridgehead atoms. The Morgan fingerprint density at radius 1 is 0.853 bits per heavy atom. The molecule has 1 aliphatic heterocycles. The van der Waals surface area contributed by atoms with Crippen LogP contribution in [0.4, 0.5) is 24.5 Å². The number of carbonyl (C=O) groups is 2. The first-order valence-corrected chi connectivity index (χ1v) is 11.4. The lowest BCUT2D eigenvalue weighted by Gasteiger charge is -2.17. The number of imide groups is 1. The van der Waals surface area contributed by atoms with Crippen molar-refractivity contribution >= 4 is 35.0 Å². The first-order chi connectivity index (χ1) is 16.1. The molecule has 0 radical (unpaired) electrons. The summed E-state index contributed by atoms with van der Waals surface area (Å²) in [6, 6.07) is 20.6. The smallest absolute Gasteiger partial charge is 0.350 e. The summed E-state index contributed by atoms with van der Waals surface area (Å²) in [7, 11) is 0. The van der Waals surface area contributed by atoms with Gasteiger partial charge in [-0.2, -0.15) is 13.2 Å². The Balaban J connectivity index is 1.73. The van der Waals surface area contributed by atoms with Crippen molar-refractivity contribution in [2.24, 2.45) is 0 Å². The first-order valence-electron chi connectivity index (χ1n) is 10.6. The van der Waals surface area contributed by atoms with Gasteiger partial charge >= 0.3 is 6.18 Å². The first kappa shape index (κ1) is 23.6. The van der Waals surface area contributed by atoms with Gasteiger partial charge in [-0.25, -0.2) is 4.90 Å². The SMILES string of the molecule is CC(C)c1ccc(NC2=C(Sc3ccccc3)C(=O)N(c3cccc(C(F)(F)F)c3)C2=O)cc1. The predicted molar refractivity (Wildman–Crippen MR) is 127 cm³/mol. The van der Waals surface area contributed by atoms with Crippen molar-refractivity contribution in [3.63, 3.8) is 0 Å². The molecule has 2 amide bonds. The van der Waals surface area contributed by atoms with Crippen LogP contribution in [-0.4, -0.2) is 11.8 Å². The Morgan fingerprint density at radius 2 is 1.53 bits per heavy atom. The largest absolute Gasteiger partial charge is 0.416 e. The van der Waals surface area contributed by atoms with Crippen molar-refractivity contribution < 1.29 is 22.8 Å². The van der Waals surface area contributed by atoms with Gasteiger partial charge in [-0.1, -0.05) is 62.0 Å². The maximum atomic E-state index is 13.3. The van der Waals surface area contributed by atoms with Crippen molar-refractivity contribution in [2.45, 2.75) is 30.8 Å². The monoisotopic (exact) mass is 482 g/mol. The number of alkyl halides is 3. The maximum Gasteiger partial charge on any atom is 0.416 e. The highest BCUT2D eigenvalue weighted by molar-refractivity contribution is 8.04. The van der Waals surface area contributed by atoms with Gasteiger partial charge in [-0.05, 0) is 53.9 Å². The summed E-state index contributed by atoms with van der Waals surface area (Å²) < 4.78 is 39.8. The van der Waals surface area contributed by atoms with E-state index in [0.29, 0.717) is 11.6 Å². The zero-order valence-electron chi connectivity index (χ0n) is 18.4. The number of carbonyl (C=O) groups excluding carboxylic acids is 2. The summed E-state index contributed by atoms with van der Waals surface area (Å²) in [5.41, 5.74) is 0.653. The van der Waals surface area contributed by atoms with Crippen LogP contribution >= 0.6 is 11.8 Å². The number of nitrogens with zero attached hydrogens (tertiary/aromatic N) is 1. The van der Waals surface area contributed by atoms with E-state index >= 15 is 0 Å². The van der Waals surface area contributed by atoms with Crippen LogP contribution in [0.25, 0.3) is 0 Å². The van der Waals surface area contributed by atoms with E-state index < -0.39 is 23.6 Å². The fourth-order valence-electron chi connectivity index (χ4n) is 3.47. The Morgan fingerprint density at radius 3 is 2.15 bits per heavy atom. The van der Waals surface area contributed by atoms with E-state index in [1.165, 1.54) is 12.1 Å². The molecule has 0 saturated heterocycles. The number of rotatable bonds is 6. The Bertz CT molecular complexity index is 1250. The van der Waals surface area contributed by atoms with E-state index in [9.17, 15) is 22.8 Å². The van der Waals surface area contributed by atoms with Gasteiger partial charge in [-0.15, -0.1) is 0 Å². The van der Waals surface area contributed by atoms with E-state index in [-0.39, 0.29) is 16.3 Å². The van der Waals surface area contributed by atoms with Crippen LogP contribution in [0.1, 0.15) is 30.9 Å². The standard InChI is InChI=1S/C26H21F3N2O2S/c1-16(2)17-11-13-19(14-12-17)30-22-23(34-21-9-4-3-5-10-21)25(33)31(24(22)32)20-8-6-7-18(15-20)26(27,28)29/h3-16,30H,1-2H3. The number of anilines is 2. The Hall–Kier alpha value is -3.52. The van der Waals surface area contributed by atoms with E-state index in [1.807, 2.05) is 18.2 Å². The zero-order valence-corrected chi connectivity index (χ0v) is 19.2. The molecular weight excluding hydrogens is 461 g/mol. The number of hydrogen-bond donors (Lipinski definition) is 1. The van der Waals surface area contributed by atoms with E-state index in [1.54, 1.807) is 36.4 Å². The second kappa shape index (κ2) is 9.38. The van der Waals surface area contributed by atoms with Gasteiger partial charge in [-0.3, -0.25) is 9.59 Å². The van der Waals surface area contributed by atoms with Crippen LogP contribution in [0.3, 0.4) is 0 Å². The van der Waals surface area contributed by atoms with E-state index in [2.05, 4.69) is 19.2 Å². The molecule has 0 aromatic heterocycles. The lowest BCUT2D eigenvalue weighted by Crippen LogP contribution is -2.32. The van der Waals surface area contributed by atoms with Crippen LogP contribution in [0, 0.1) is 0 Å². The average molecular weight is 483 g/mol. The molecule has 8 heteroatoms. The van der Waals surface area contributed by atoms with Gasteiger partial charge in [0.1, 0.15) is 10.6 Å². The molecule has 174 valence electrons. The van der Waals surface area contributed by atoms with Crippen molar-refractivity contribution in [2.75, 3.05) is 10.2 Å². The summed E-state index contributed by atoms with van der Waals surface area (Å²) in [5, 5.41) is 3.03. The lowest BCUT2D eigenvalue weighted by atomic mass is 10.0. The molecule has 0 fully saturated rings. The third-order valence-electron chi connectivity index (χ3n) is 5.28. The molecule has 0 saturated carbocycles. The van der Waals surface area contributed by atoms with Crippen molar-refractivity contribution in [1.82, 2.24) is 0 Å². The molecule has 3 aromatic carbocycles. The zero-order chi connectivity index (χ0) is 24.5. The van der Waals surface area contributed by atoms with E-state index in [0.717, 1.165) is 39.3 Å². The highest BCUT2D eigenvalue weighted by atomic mass is 32.2. The summed E-state index contributed by atoms with van der Waals surface area (Å²) in [5.74, 6) is -1.07. The maximum absolute atomic E-state index is 13.3.